The molecule has 1 fully saturated rings. The average Bonchev–Trinajstić information content (AvgIpc) is 3.40. The Balaban J connectivity index is 1.24. The zero-order valence-electron chi connectivity index (χ0n) is 17.3. The van der Waals surface area contributed by atoms with Crippen molar-refractivity contribution >= 4 is 33.8 Å². The molecule has 0 radical (unpaired) electrons. The summed E-state index contributed by atoms with van der Waals surface area (Å²) < 4.78 is 6.11. The van der Waals surface area contributed by atoms with E-state index in [1.54, 1.807) is 6.33 Å². The van der Waals surface area contributed by atoms with Crippen LogP contribution < -0.4 is 10.2 Å². The molecule has 0 saturated carbocycles. The number of nitrogens with one attached hydrogen (secondary N) is 1. The van der Waals surface area contributed by atoms with Gasteiger partial charge in [-0.15, -0.1) is 0 Å². The van der Waals surface area contributed by atoms with Crippen LogP contribution in [0.3, 0.4) is 0 Å². The number of aryl methyl sites for hydroxylation is 1. The van der Waals surface area contributed by atoms with Crippen LogP contribution in [0, 0.1) is 5.92 Å². The summed E-state index contributed by atoms with van der Waals surface area (Å²) in [7, 11) is 0. The maximum atomic E-state index is 13.2. The molecule has 4 aromatic rings. The molecule has 6 rings (SSSR count). The molecule has 2 aromatic heterocycles. The fourth-order valence-electron chi connectivity index (χ4n) is 5.12. The van der Waals surface area contributed by atoms with Gasteiger partial charge in [0.1, 0.15) is 17.4 Å². The van der Waals surface area contributed by atoms with Gasteiger partial charge in [-0.3, -0.25) is 4.79 Å². The summed E-state index contributed by atoms with van der Waals surface area (Å²) in [5.41, 5.74) is 4.96. The summed E-state index contributed by atoms with van der Waals surface area (Å²) in [6, 6.07) is 16.5. The largest absolute Gasteiger partial charge is 0.450 e. The molecule has 1 amide bonds. The van der Waals surface area contributed by atoms with Crippen molar-refractivity contribution in [3.63, 3.8) is 0 Å². The monoisotopic (exact) mass is 412 g/mol. The summed E-state index contributed by atoms with van der Waals surface area (Å²) >= 11 is 0. The van der Waals surface area contributed by atoms with E-state index in [0.29, 0.717) is 12.1 Å². The number of fused-ring (bicyclic) bond motifs is 4. The van der Waals surface area contributed by atoms with Crippen molar-refractivity contribution in [2.45, 2.75) is 31.7 Å². The van der Waals surface area contributed by atoms with Crippen molar-refractivity contribution in [1.82, 2.24) is 15.3 Å². The summed E-state index contributed by atoms with van der Waals surface area (Å²) in [6.07, 6.45) is 5.45. The molecule has 2 aliphatic rings. The SMILES string of the molecule is O=C(N[C@@H]1CCc2ccccc21)[C@@H]1CCCN(c2ncnc3c2oc2ccccc23)C1. The van der Waals surface area contributed by atoms with Gasteiger partial charge < -0.3 is 14.6 Å². The first kappa shape index (κ1) is 18.4. The van der Waals surface area contributed by atoms with Crippen molar-refractivity contribution in [1.29, 1.82) is 0 Å². The Labute approximate surface area is 180 Å². The van der Waals surface area contributed by atoms with Gasteiger partial charge in [-0.25, -0.2) is 9.97 Å². The molecule has 2 atom stereocenters. The quantitative estimate of drug-likeness (QED) is 0.540. The van der Waals surface area contributed by atoms with E-state index in [1.807, 2.05) is 24.3 Å². The number of nitrogens with zero attached hydrogens (tertiary/aromatic N) is 3. The first-order chi connectivity index (χ1) is 15.3. The normalized spacial score (nSPS) is 20.8. The molecule has 156 valence electrons. The fourth-order valence-corrected chi connectivity index (χ4v) is 5.12. The summed E-state index contributed by atoms with van der Waals surface area (Å²) in [6.45, 7) is 1.50. The third kappa shape index (κ3) is 3.14. The number of hydrogen-bond donors (Lipinski definition) is 1. The number of amides is 1. The van der Waals surface area contributed by atoms with E-state index in [4.69, 9.17) is 4.42 Å². The number of rotatable bonds is 3. The molecule has 1 aliphatic heterocycles. The lowest BCUT2D eigenvalue weighted by Gasteiger charge is -2.33. The van der Waals surface area contributed by atoms with Crippen molar-refractivity contribution in [3.05, 3.63) is 66.0 Å². The molecular formula is C25H24N4O2. The maximum absolute atomic E-state index is 13.2. The van der Waals surface area contributed by atoms with Gasteiger partial charge in [-0.2, -0.15) is 0 Å². The van der Waals surface area contributed by atoms with Crippen LogP contribution in [-0.2, 0) is 11.2 Å². The third-order valence-electron chi connectivity index (χ3n) is 6.68. The van der Waals surface area contributed by atoms with Crippen LogP contribution in [-0.4, -0.2) is 29.0 Å². The zero-order valence-corrected chi connectivity index (χ0v) is 17.3. The molecular weight excluding hydrogens is 388 g/mol. The maximum Gasteiger partial charge on any atom is 0.225 e. The Hall–Kier alpha value is -3.41. The summed E-state index contributed by atoms with van der Waals surface area (Å²) in [5, 5.41) is 4.31. The van der Waals surface area contributed by atoms with Crippen LogP contribution in [0.1, 0.15) is 36.4 Å². The topological polar surface area (TPSA) is 71.3 Å². The molecule has 31 heavy (non-hydrogen) atoms. The Morgan fingerprint density at radius 3 is 2.90 bits per heavy atom. The Morgan fingerprint density at radius 1 is 1.06 bits per heavy atom. The Morgan fingerprint density at radius 2 is 1.94 bits per heavy atom. The van der Waals surface area contributed by atoms with Crippen LogP contribution >= 0.6 is 0 Å². The van der Waals surface area contributed by atoms with Crippen LogP contribution in [0.2, 0.25) is 0 Å². The molecule has 3 heterocycles. The number of anilines is 1. The van der Waals surface area contributed by atoms with Gasteiger partial charge >= 0.3 is 0 Å². The molecule has 2 aromatic carbocycles. The fraction of sp³-hybridized carbons (Fsp3) is 0.320. The predicted octanol–water partition coefficient (Wildman–Crippen LogP) is 4.40. The van der Waals surface area contributed by atoms with Gasteiger partial charge in [0.2, 0.25) is 5.91 Å². The molecule has 1 aliphatic carbocycles. The second-order valence-corrected chi connectivity index (χ2v) is 8.56. The average molecular weight is 412 g/mol. The number of carbonyl (C=O) groups is 1. The number of para-hydroxylation sites is 1. The Kier molecular flexibility index (Phi) is 4.37. The van der Waals surface area contributed by atoms with Crippen LogP contribution in [0.4, 0.5) is 5.82 Å². The molecule has 6 heteroatoms. The smallest absolute Gasteiger partial charge is 0.225 e. The first-order valence-electron chi connectivity index (χ1n) is 11.0. The van der Waals surface area contributed by atoms with Gasteiger partial charge in [0.15, 0.2) is 11.4 Å². The van der Waals surface area contributed by atoms with Crippen LogP contribution in [0.25, 0.3) is 22.1 Å². The standard InChI is InChI=1S/C25H24N4O2/c30-25(28-20-12-11-16-6-1-2-8-18(16)20)17-7-5-13-29(14-17)24-23-22(26-15-27-24)19-9-3-4-10-21(19)31-23/h1-4,6,8-10,15,17,20H,5,7,11-14H2,(H,28,30)/t17-,20-/m1/s1. The van der Waals surface area contributed by atoms with Crippen molar-refractivity contribution in [2.75, 3.05) is 18.0 Å². The highest BCUT2D eigenvalue weighted by molar-refractivity contribution is 6.05. The van der Waals surface area contributed by atoms with Crippen LogP contribution in [0.15, 0.2) is 59.3 Å². The molecule has 6 nitrogen and oxygen atoms in total. The van der Waals surface area contributed by atoms with Crippen LogP contribution in [0.5, 0.6) is 0 Å². The number of furan rings is 1. The highest BCUT2D eigenvalue weighted by Gasteiger charge is 2.31. The lowest BCUT2D eigenvalue weighted by Crippen LogP contribution is -2.44. The molecule has 1 saturated heterocycles. The number of carbonyl (C=O) groups excluding carboxylic acids is 1. The molecule has 1 N–H and O–H groups in total. The van der Waals surface area contributed by atoms with E-state index in [0.717, 1.165) is 54.5 Å². The van der Waals surface area contributed by atoms with E-state index in [-0.39, 0.29) is 17.9 Å². The number of piperidine rings is 1. The lowest BCUT2D eigenvalue weighted by atomic mass is 9.96. The molecule has 0 bridgehead atoms. The first-order valence-corrected chi connectivity index (χ1v) is 11.0. The third-order valence-corrected chi connectivity index (χ3v) is 6.68. The van der Waals surface area contributed by atoms with E-state index in [9.17, 15) is 4.79 Å². The summed E-state index contributed by atoms with van der Waals surface area (Å²) in [4.78, 5) is 24.3. The van der Waals surface area contributed by atoms with Gasteiger partial charge in [0.25, 0.3) is 0 Å². The van der Waals surface area contributed by atoms with E-state index in [1.165, 1.54) is 11.1 Å². The molecule has 0 spiro atoms. The second kappa shape index (κ2) is 7.38. The lowest BCUT2D eigenvalue weighted by molar-refractivity contribution is -0.126. The highest BCUT2D eigenvalue weighted by atomic mass is 16.3. The highest BCUT2D eigenvalue weighted by Crippen LogP contribution is 2.35. The van der Waals surface area contributed by atoms with Gasteiger partial charge in [0.05, 0.1) is 12.0 Å². The van der Waals surface area contributed by atoms with E-state index in [2.05, 4.69) is 44.5 Å². The summed E-state index contributed by atoms with van der Waals surface area (Å²) in [5.74, 6) is 0.863. The van der Waals surface area contributed by atoms with Crippen molar-refractivity contribution < 1.29 is 9.21 Å². The minimum Gasteiger partial charge on any atom is -0.450 e. The van der Waals surface area contributed by atoms with E-state index >= 15 is 0 Å². The van der Waals surface area contributed by atoms with Crippen molar-refractivity contribution in [2.24, 2.45) is 5.92 Å². The second-order valence-electron chi connectivity index (χ2n) is 8.56. The number of benzene rings is 2. The Bertz CT molecular complexity index is 1280. The zero-order chi connectivity index (χ0) is 20.8. The molecule has 0 unspecified atom stereocenters. The predicted molar refractivity (Wildman–Crippen MR) is 120 cm³/mol. The van der Waals surface area contributed by atoms with Gasteiger partial charge in [-0.05, 0) is 48.9 Å². The van der Waals surface area contributed by atoms with Gasteiger partial charge in [-0.1, -0.05) is 36.4 Å². The minimum atomic E-state index is -0.0593. The van der Waals surface area contributed by atoms with Crippen molar-refractivity contribution in [3.8, 4) is 0 Å². The van der Waals surface area contributed by atoms with E-state index < -0.39 is 0 Å². The minimum absolute atomic E-state index is 0.0593. The number of aromatic nitrogens is 2. The van der Waals surface area contributed by atoms with Gasteiger partial charge in [0, 0.05) is 18.5 Å². The number of hydrogen-bond acceptors (Lipinski definition) is 5.